The number of unbranched alkanes of at least 4 members (excludes halogenated alkanes) is 24. The molecule has 0 aromatic heterocycles. The summed E-state index contributed by atoms with van der Waals surface area (Å²) in [5.41, 5.74) is 0. The van der Waals surface area contributed by atoms with Crippen molar-refractivity contribution in [2.24, 2.45) is 0 Å². The lowest BCUT2D eigenvalue weighted by molar-refractivity contribution is -0.870. The van der Waals surface area contributed by atoms with E-state index in [1.54, 1.807) is 0 Å². The molecule has 2 atom stereocenters. The summed E-state index contributed by atoms with van der Waals surface area (Å²) in [6.07, 6.45) is 47.4. The molecule has 346 valence electrons. The van der Waals surface area contributed by atoms with Crippen LogP contribution in [0.5, 0.6) is 0 Å². The number of hydrogen-bond donors (Lipinski definition) is 0. The number of carbonyl (C=O) groups is 2. The summed E-state index contributed by atoms with van der Waals surface area (Å²) in [6.45, 7) is 4.18. The Morgan fingerprint density at radius 2 is 0.932 bits per heavy atom. The topological polar surface area (TPSA) is 111 Å². The molecule has 0 aliphatic rings. The maximum atomic E-state index is 12.7. The van der Waals surface area contributed by atoms with Gasteiger partial charge in [-0.2, -0.15) is 0 Å². The molecule has 0 aliphatic carbocycles. The number of phosphoric acid groups is 1. The predicted octanol–water partition coefficient (Wildman–Crippen LogP) is 13.5. The smallest absolute Gasteiger partial charge is 0.306 e. The molecule has 0 aromatic carbocycles. The number of quaternary nitrogens is 1. The van der Waals surface area contributed by atoms with E-state index in [-0.39, 0.29) is 32.0 Å². The standard InChI is InChI=1S/C49H92NO8P/c1-6-8-10-12-14-16-18-20-22-23-24-25-26-27-28-30-31-33-35-37-39-41-48(51)55-45-47(46-57-59(53,54)56-44-43-50(3,4)5)58-49(52)42-40-38-36-34-32-29-21-19-17-15-13-11-9-7-2/h13,15,19,21,23-24,47H,6-12,14,16-18,20,22,25-46H2,1-5H3/b15-13-,21-19-,24-23-. The van der Waals surface area contributed by atoms with Gasteiger partial charge in [-0.15, -0.1) is 0 Å². The van der Waals surface area contributed by atoms with Gasteiger partial charge >= 0.3 is 11.9 Å². The fourth-order valence-corrected chi connectivity index (χ4v) is 7.28. The number of nitrogens with zero attached hydrogens (tertiary/aromatic N) is 1. The molecule has 2 unspecified atom stereocenters. The van der Waals surface area contributed by atoms with Gasteiger partial charge in [-0.05, 0) is 64.2 Å². The largest absolute Gasteiger partial charge is 0.756 e. The highest BCUT2D eigenvalue weighted by Gasteiger charge is 2.21. The van der Waals surface area contributed by atoms with E-state index in [1.807, 2.05) is 21.1 Å². The maximum Gasteiger partial charge on any atom is 0.306 e. The second-order valence-corrected chi connectivity index (χ2v) is 18.9. The van der Waals surface area contributed by atoms with Gasteiger partial charge in [0.05, 0.1) is 27.7 Å². The molecule has 0 N–H and O–H groups in total. The van der Waals surface area contributed by atoms with Crippen LogP contribution in [0.4, 0.5) is 0 Å². The molecule has 0 saturated carbocycles. The van der Waals surface area contributed by atoms with E-state index >= 15 is 0 Å². The Balaban J connectivity index is 4.26. The molecule has 9 nitrogen and oxygen atoms in total. The molecule has 0 radical (unpaired) electrons. The molecule has 0 bridgehead atoms. The Hall–Kier alpha value is -1.77. The summed E-state index contributed by atoms with van der Waals surface area (Å²) in [6, 6.07) is 0. The number of carbonyl (C=O) groups excluding carboxylic acids is 2. The lowest BCUT2D eigenvalue weighted by Gasteiger charge is -2.28. The molecule has 0 aromatic rings. The molecule has 0 spiro atoms. The number of phosphoric ester groups is 1. The van der Waals surface area contributed by atoms with Gasteiger partial charge in [0, 0.05) is 12.8 Å². The fraction of sp³-hybridized carbons (Fsp3) is 0.837. The van der Waals surface area contributed by atoms with Gasteiger partial charge in [-0.1, -0.05) is 172 Å². The lowest BCUT2D eigenvalue weighted by atomic mass is 10.1. The van der Waals surface area contributed by atoms with E-state index in [4.69, 9.17) is 18.5 Å². The first-order valence-electron chi connectivity index (χ1n) is 24.2. The van der Waals surface area contributed by atoms with E-state index in [9.17, 15) is 19.0 Å². The summed E-state index contributed by atoms with van der Waals surface area (Å²) < 4.78 is 33.9. The van der Waals surface area contributed by atoms with Crippen molar-refractivity contribution in [2.45, 2.75) is 219 Å². The Morgan fingerprint density at radius 3 is 1.41 bits per heavy atom. The van der Waals surface area contributed by atoms with Crippen LogP contribution in [0, 0.1) is 0 Å². The maximum absolute atomic E-state index is 12.7. The molecule has 59 heavy (non-hydrogen) atoms. The van der Waals surface area contributed by atoms with Crippen LogP contribution in [-0.4, -0.2) is 70.0 Å². The summed E-state index contributed by atoms with van der Waals surface area (Å²) in [5, 5.41) is 0. The molecular weight excluding hydrogens is 762 g/mol. The SMILES string of the molecule is CCCC/C=C\C/C=C\CCCCCCCC(=O)OC(COC(=O)CCCCCCCCCCC/C=C\CCCCCCCCCC)COP(=O)([O-])OCC[N+](C)(C)C. The normalized spacial score (nSPS) is 13.8. The molecular formula is C49H92NO8P. The van der Waals surface area contributed by atoms with Crippen LogP contribution in [0.2, 0.25) is 0 Å². The van der Waals surface area contributed by atoms with Crippen LogP contribution in [0.25, 0.3) is 0 Å². The molecule has 0 saturated heterocycles. The first-order chi connectivity index (χ1) is 28.5. The molecule has 0 aliphatic heterocycles. The minimum atomic E-state index is -4.63. The van der Waals surface area contributed by atoms with Crippen molar-refractivity contribution in [3.8, 4) is 0 Å². The Bertz CT molecular complexity index is 1100. The number of rotatable bonds is 44. The molecule has 0 heterocycles. The molecule has 0 fully saturated rings. The van der Waals surface area contributed by atoms with Crippen molar-refractivity contribution in [2.75, 3.05) is 47.5 Å². The highest BCUT2D eigenvalue weighted by Crippen LogP contribution is 2.38. The van der Waals surface area contributed by atoms with Gasteiger partial charge < -0.3 is 27.9 Å². The van der Waals surface area contributed by atoms with E-state index in [0.29, 0.717) is 17.4 Å². The predicted molar refractivity (Wildman–Crippen MR) is 245 cm³/mol. The van der Waals surface area contributed by atoms with Crippen molar-refractivity contribution in [3.05, 3.63) is 36.5 Å². The van der Waals surface area contributed by atoms with Crippen LogP contribution in [-0.2, 0) is 32.7 Å². The molecule has 0 rings (SSSR count). The Morgan fingerprint density at radius 1 is 0.525 bits per heavy atom. The van der Waals surface area contributed by atoms with E-state index in [0.717, 1.165) is 64.2 Å². The minimum Gasteiger partial charge on any atom is -0.756 e. The van der Waals surface area contributed by atoms with Gasteiger partial charge in [0.2, 0.25) is 0 Å². The van der Waals surface area contributed by atoms with Crippen LogP contribution >= 0.6 is 7.82 Å². The van der Waals surface area contributed by atoms with Crippen molar-refractivity contribution in [1.82, 2.24) is 0 Å². The first kappa shape index (κ1) is 57.2. The number of likely N-dealkylation sites (N-methyl/N-ethyl adjacent to an activating group) is 1. The van der Waals surface area contributed by atoms with Crippen LogP contribution in [0.1, 0.15) is 213 Å². The van der Waals surface area contributed by atoms with Crippen molar-refractivity contribution in [1.29, 1.82) is 0 Å². The summed E-state index contributed by atoms with van der Waals surface area (Å²) in [7, 11) is 1.16. The van der Waals surface area contributed by atoms with Crippen molar-refractivity contribution in [3.63, 3.8) is 0 Å². The van der Waals surface area contributed by atoms with Crippen LogP contribution in [0.3, 0.4) is 0 Å². The lowest BCUT2D eigenvalue weighted by Crippen LogP contribution is -2.37. The second kappa shape index (κ2) is 41.6. The number of ether oxygens (including phenoxy) is 2. The monoisotopic (exact) mass is 854 g/mol. The van der Waals surface area contributed by atoms with Gasteiger partial charge in [-0.25, -0.2) is 0 Å². The third-order valence-corrected chi connectivity index (χ3v) is 11.3. The quantitative estimate of drug-likeness (QED) is 0.0196. The fourth-order valence-electron chi connectivity index (χ4n) is 6.55. The van der Waals surface area contributed by atoms with Gasteiger partial charge in [0.1, 0.15) is 19.8 Å². The summed E-state index contributed by atoms with van der Waals surface area (Å²) in [5.74, 6) is -0.849. The van der Waals surface area contributed by atoms with Crippen LogP contribution in [0.15, 0.2) is 36.5 Å². The number of hydrogen-bond acceptors (Lipinski definition) is 8. The average Bonchev–Trinajstić information content (AvgIpc) is 3.19. The second-order valence-electron chi connectivity index (χ2n) is 17.5. The van der Waals surface area contributed by atoms with E-state index in [2.05, 4.69) is 50.3 Å². The van der Waals surface area contributed by atoms with Crippen molar-refractivity contribution >= 4 is 19.8 Å². The van der Waals surface area contributed by atoms with Crippen LogP contribution < -0.4 is 4.89 Å². The zero-order valence-corrected chi connectivity index (χ0v) is 39.8. The molecule has 10 heteroatoms. The zero-order valence-electron chi connectivity index (χ0n) is 39.0. The van der Waals surface area contributed by atoms with Crippen molar-refractivity contribution < 1.29 is 42.1 Å². The summed E-state index contributed by atoms with van der Waals surface area (Å²) >= 11 is 0. The Labute approximate surface area is 363 Å². The first-order valence-corrected chi connectivity index (χ1v) is 25.7. The summed E-state index contributed by atoms with van der Waals surface area (Å²) in [4.78, 5) is 37.6. The van der Waals surface area contributed by atoms with Gasteiger partial charge in [-0.3, -0.25) is 14.2 Å². The van der Waals surface area contributed by atoms with Gasteiger partial charge in [0.15, 0.2) is 6.10 Å². The minimum absolute atomic E-state index is 0.0339. The highest BCUT2D eigenvalue weighted by molar-refractivity contribution is 7.45. The third-order valence-electron chi connectivity index (χ3n) is 10.4. The third kappa shape index (κ3) is 45.6. The number of allylic oxidation sites excluding steroid dienone is 6. The Kier molecular flexibility index (Phi) is 40.3. The van der Waals surface area contributed by atoms with Gasteiger partial charge in [0.25, 0.3) is 7.82 Å². The zero-order chi connectivity index (χ0) is 43.6. The van der Waals surface area contributed by atoms with E-state index < -0.39 is 26.5 Å². The number of esters is 2. The van der Waals surface area contributed by atoms with E-state index in [1.165, 1.54) is 116 Å². The molecule has 0 amide bonds. The average molecular weight is 854 g/mol. The highest BCUT2D eigenvalue weighted by atomic mass is 31.2.